The highest BCUT2D eigenvalue weighted by atomic mass is 32.1. The molecule has 238 valence electrons. The number of carbonyl (C=O) groups is 2. The van der Waals surface area contributed by atoms with Gasteiger partial charge in [-0.25, -0.2) is 0 Å². The van der Waals surface area contributed by atoms with E-state index in [0.717, 1.165) is 41.5 Å². The van der Waals surface area contributed by atoms with E-state index in [4.69, 9.17) is 0 Å². The number of aromatic nitrogens is 2. The zero-order chi connectivity index (χ0) is 32.2. The molecule has 2 heterocycles. The van der Waals surface area contributed by atoms with Gasteiger partial charge in [0, 0.05) is 31.1 Å². The van der Waals surface area contributed by atoms with Gasteiger partial charge < -0.3 is 4.90 Å². The molecule has 0 spiro atoms. The van der Waals surface area contributed by atoms with Crippen LogP contribution in [0.1, 0.15) is 94.4 Å². The van der Waals surface area contributed by atoms with E-state index in [2.05, 4.69) is 70.6 Å². The molecule has 0 N–H and O–H groups in total. The topological polar surface area (TPSA) is 66.4 Å². The van der Waals surface area contributed by atoms with E-state index in [0.29, 0.717) is 13.1 Å². The molecule has 2 aromatic carbocycles. The summed E-state index contributed by atoms with van der Waals surface area (Å²) < 4.78 is 0. The first-order valence-corrected chi connectivity index (χ1v) is 17.0. The first-order valence-electron chi connectivity index (χ1n) is 16.1. The molecule has 7 heteroatoms. The number of likely N-dealkylation sites (tertiary alicyclic amines) is 1. The van der Waals surface area contributed by atoms with Crippen molar-refractivity contribution in [1.82, 2.24) is 15.1 Å². The molecule has 0 bridgehead atoms. The van der Waals surface area contributed by atoms with E-state index >= 15 is 0 Å². The van der Waals surface area contributed by atoms with Crippen LogP contribution in [0.5, 0.6) is 0 Å². The van der Waals surface area contributed by atoms with Gasteiger partial charge in [-0.1, -0.05) is 76.6 Å². The monoisotopic (exact) mass is 608 g/mol. The third-order valence-corrected chi connectivity index (χ3v) is 8.04. The summed E-state index contributed by atoms with van der Waals surface area (Å²) in [7, 11) is 0. The summed E-state index contributed by atoms with van der Waals surface area (Å²) >= 11 is 1.69. The Morgan fingerprint density at radius 3 is 1.93 bits per heavy atom. The molecule has 1 atom stereocenters. The number of anilines is 1. The average Bonchev–Trinajstić information content (AvgIpc) is 3.69. The highest BCUT2D eigenvalue weighted by molar-refractivity contribution is 7.11. The molecule has 43 heavy (non-hydrogen) atoms. The average molecular weight is 609 g/mol. The largest absolute Gasteiger partial charge is 0.363 e. The number of benzene rings is 2. The lowest BCUT2D eigenvalue weighted by Crippen LogP contribution is -2.35. The lowest BCUT2D eigenvalue weighted by molar-refractivity contribution is -0.121. The molecular formula is C36H56N4O2S. The Bertz CT molecular complexity index is 1170. The van der Waals surface area contributed by atoms with Gasteiger partial charge >= 0.3 is 0 Å². The SMILES string of the molecule is CC.CC.CCC(CN(CC(C)=O)c1ccc(CN2CCCC2)cc1)C(C)=O.Cc1ccc(CCc2nnc(C)s2)cc1. The first kappa shape index (κ1) is 38.1. The second-order valence-electron chi connectivity index (χ2n) is 10.6. The maximum absolute atomic E-state index is 11.8. The van der Waals surface area contributed by atoms with Crippen molar-refractivity contribution >= 4 is 28.6 Å². The highest BCUT2D eigenvalue weighted by Gasteiger charge is 2.19. The normalized spacial score (nSPS) is 13.0. The second-order valence-corrected chi connectivity index (χ2v) is 11.9. The number of rotatable bonds is 12. The molecule has 0 aliphatic carbocycles. The van der Waals surface area contributed by atoms with Gasteiger partial charge in [0.2, 0.25) is 0 Å². The second kappa shape index (κ2) is 21.7. The molecule has 1 fully saturated rings. The van der Waals surface area contributed by atoms with Gasteiger partial charge in [-0.15, -0.1) is 21.5 Å². The molecule has 1 aliphatic heterocycles. The number of nitrogens with zero attached hydrogens (tertiary/aromatic N) is 4. The fourth-order valence-electron chi connectivity index (χ4n) is 4.80. The minimum atomic E-state index is -0.0198. The summed E-state index contributed by atoms with van der Waals surface area (Å²) in [6.07, 6.45) is 5.45. The maximum atomic E-state index is 11.8. The fraction of sp³-hybridized carbons (Fsp3) is 0.556. The molecule has 4 rings (SSSR count). The molecule has 1 aliphatic rings. The Hall–Kier alpha value is -2.90. The van der Waals surface area contributed by atoms with Gasteiger partial charge in [0.25, 0.3) is 0 Å². The van der Waals surface area contributed by atoms with Crippen molar-refractivity contribution in [1.29, 1.82) is 0 Å². The Balaban J connectivity index is 0.000000416. The van der Waals surface area contributed by atoms with Crippen LogP contribution in [0.15, 0.2) is 48.5 Å². The van der Waals surface area contributed by atoms with Gasteiger partial charge in [0.15, 0.2) is 0 Å². The number of hydrogen-bond acceptors (Lipinski definition) is 7. The van der Waals surface area contributed by atoms with Crippen molar-refractivity contribution in [2.24, 2.45) is 5.92 Å². The molecule has 0 radical (unpaired) electrons. The smallest absolute Gasteiger partial charge is 0.149 e. The van der Waals surface area contributed by atoms with Gasteiger partial charge in [-0.2, -0.15) is 0 Å². The van der Waals surface area contributed by atoms with E-state index in [-0.39, 0.29) is 17.5 Å². The lowest BCUT2D eigenvalue weighted by atomic mass is 10.0. The van der Waals surface area contributed by atoms with E-state index in [9.17, 15) is 9.59 Å². The van der Waals surface area contributed by atoms with Crippen molar-refractivity contribution < 1.29 is 9.59 Å². The molecule has 1 unspecified atom stereocenters. The first-order chi connectivity index (χ1) is 20.7. The molecule has 0 saturated carbocycles. The van der Waals surface area contributed by atoms with Crippen LogP contribution in [-0.4, -0.2) is 52.8 Å². The van der Waals surface area contributed by atoms with Crippen LogP contribution >= 0.6 is 11.3 Å². The van der Waals surface area contributed by atoms with Crippen LogP contribution in [0, 0.1) is 19.8 Å². The zero-order valence-corrected chi connectivity index (χ0v) is 29.1. The molecule has 0 amide bonds. The van der Waals surface area contributed by atoms with Crippen molar-refractivity contribution in [3.63, 3.8) is 0 Å². The summed E-state index contributed by atoms with van der Waals surface area (Å²) in [5, 5.41) is 10.3. The third-order valence-electron chi connectivity index (χ3n) is 7.14. The number of hydrogen-bond donors (Lipinski definition) is 0. The number of carbonyl (C=O) groups excluding carboxylic acids is 2. The molecule has 1 saturated heterocycles. The Morgan fingerprint density at radius 2 is 1.44 bits per heavy atom. The maximum Gasteiger partial charge on any atom is 0.149 e. The summed E-state index contributed by atoms with van der Waals surface area (Å²) in [6.45, 7) is 21.7. The van der Waals surface area contributed by atoms with Crippen LogP contribution in [0.4, 0.5) is 5.69 Å². The van der Waals surface area contributed by atoms with Crippen LogP contribution < -0.4 is 4.90 Å². The summed E-state index contributed by atoms with van der Waals surface area (Å²) in [5.41, 5.74) is 5.01. The fourth-order valence-corrected chi connectivity index (χ4v) is 5.51. The molecule has 3 aromatic rings. The minimum Gasteiger partial charge on any atom is -0.363 e. The third kappa shape index (κ3) is 14.9. The number of ketones is 2. The predicted molar refractivity (Wildman–Crippen MR) is 184 cm³/mol. The van der Waals surface area contributed by atoms with Crippen molar-refractivity contribution in [3.05, 3.63) is 75.2 Å². The molecule has 6 nitrogen and oxygen atoms in total. The van der Waals surface area contributed by atoms with Gasteiger partial charge in [-0.05, 0) is 89.7 Å². The zero-order valence-electron chi connectivity index (χ0n) is 28.3. The van der Waals surface area contributed by atoms with Crippen molar-refractivity contribution in [2.75, 3.05) is 31.1 Å². The van der Waals surface area contributed by atoms with Crippen LogP contribution in [0.25, 0.3) is 0 Å². The van der Waals surface area contributed by atoms with Crippen molar-refractivity contribution in [3.8, 4) is 0 Å². The van der Waals surface area contributed by atoms with Crippen LogP contribution in [0.3, 0.4) is 0 Å². The predicted octanol–water partition coefficient (Wildman–Crippen LogP) is 8.29. The summed E-state index contributed by atoms with van der Waals surface area (Å²) in [5.74, 6) is 0.292. The van der Waals surface area contributed by atoms with Crippen LogP contribution in [-0.2, 0) is 29.0 Å². The van der Waals surface area contributed by atoms with E-state index < -0.39 is 0 Å². The van der Waals surface area contributed by atoms with Gasteiger partial charge in [0.05, 0.1) is 6.54 Å². The van der Waals surface area contributed by atoms with Gasteiger partial charge in [-0.3, -0.25) is 14.5 Å². The Kier molecular flexibility index (Phi) is 19.3. The van der Waals surface area contributed by atoms with E-state index in [1.165, 1.54) is 42.6 Å². The lowest BCUT2D eigenvalue weighted by Gasteiger charge is -2.27. The Labute approximate surface area is 265 Å². The van der Waals surface area contributed by atoms with Crippen molar-refractivity contribution in [2.45, 2.75) is 101 Å². The quantitative estimate of drug-likeness (QED) is 0.206. The molecule has 1 aromatic heterocycles. The van der Waals surface area contributed by atoms with E-state index in [1.54, 1.807) is 25.2 Å². The van der Waals surface area contributed by atoms with E-state index in [1.807, 2.05) is 46.4 Å². The van der Waals surface area contributed by atoms with Crippen LogP contribution in [0.2, 0.25) is 0 Å². The minimum absolute atomic E-state index is 0.0198. The highest BCUT2D eigenvalue weighted by Crippen LogP contribution is 2.20. The number of aryl methyl sites for hydroxylation is 4. The standard InChI is InChI=1S/C20H30N2O2.C12H14N2S.2C2H6/c1-4-19(17(3)24)15-22(13-16(2)23)20-9-7-18(8-10-20)14-21-11-5-6-12-21;1-9-3-5-11(6-4-9)7-8-12-14-13-10(2)15-12;2*1-2/h7-10,19H,4-6,11-15H2,1-3H3;3-6H,7-8H2,1-2H3;2*1-2H3. The summed E-state index contributed by atoms with van der Waals surface area (Å²) in [6, 6.07) is 17.1. The Morgan fingerprint density at radius 1 is 0.860 bits per heavy atom. The summed E-state index contributed by atoms with van der Waals surface area (Å²) in [4.78, 5) is 27.9. The van der Waals surface area contributed by atoms with Gasteiger partial charge in [0.1, 0.15) is 21.6 Å². The number of Topliss-reactive ketones (excluding diaryl/α,β-unsaturated/α-hetero) is 2. The molecular weight excluding hydrogens is 552 g/mol.